The summed E-state index contributed by atoms with van der Waals surface area (Å²) in [6.45, 7) is 7.87. The molecule has 2 N–H and O–H groups in total. The van der Waals surface area contributed by atoms with Crippen molar-refractivity contribution < 1.29 is 22.7 Å². The summed E-state index contributed by atoms with van der Waals surface area (Å²) in [6.07, 6.45) is 4.81. The van der Waals surface area contributed by atoms with Gasteiger partial charge < -0.3 is 20.3 Å². The number of rotatable bonds is 7. The van der Waals surface area contributed by atoms with E-state index in [1.807, 2.05) is 31.7 Å². The van der Waals surface area contributed by atoms with Crippen LogP contribution < -0.4 is 15.4 Å². The minimum atomic E-state index is -0.970. The molecule has 0 bridgehead atoms. The molecule has 0 spiro atoms. The number of imidazole rings is 1. The Hall–Kier alpha value is -4.65. The number of ether oxygens (including phenoxy) is 1. The highest BCUT2D eigenvalue weighted by Gasteiger charge is 2.49. The number of anilines is 2. The fraction of sp³-hybridized carbons (Fsp3) is 0.432. The van der Waals surface area contributed by atoms with Crippen molar-refractivity contribution in [3.05, 3.63) is 58.6 Å². The summed E-state index contributed by atoms with van der Waals surface area (Å²) in [5, 5.41) is 10.5. The van der Waals surface area contributed by atoms with Crippen molar-refractivity contribution in [2.24, 2.45) is 0 Å². The number of nitrogens with two attached hydrogens (primary N) is 1. The molecule has 276 valence electrons. The van der Waals surface area contributed by atoms with E-state index >= 15 is 8.78 Å². The van der Waals surface area contributed by atoms with Crippen LogP contribution in [0.4, 0.5) is 28.8 Å². The van der Waals surface area contributed by atoms with E-state index in [0.717, 1.165) is 36.4 Å². The van der Waals surface area contributed by atoms with Gasteiger partial charge in [-0.25, -0.2) is 22.9 Å². The number of nitrogen functional groups attached to an aromatic ring is 1. The number of aromatic nitrogens is 4. The minimum absolute atomic E-state index is 0.00155. The lowest BCUT2D eigenvalue weighted by molar-refractivity contribution is 0.107. The Bertz CT molecular complexity index is 2330. The van der Waals surface area contributed by atoms with Crippen molar-refractivity contribution in [2.45, 2.75) is 70.2 Å². The average Bonchev–Trinajstić information content (AvgIpc) is 3.95. The van der Waals surface area contributed by atoms with Crippen LogP contribution in [0.1, 0.15) is 50.8 Å². The van der Waals surface area contributed by atoms with Gasteiger partial charge in [0.15, 0.2) is 5.82 Å². The van der Waals surface area contributed by atoms with E-state index in [0.29, 0.717) is 43.7 Å². The van der Waals surface area contributed by atoms with Crippen LogP contribution in [0.3, 0.4) is 0 Å². The SMILES string of the molecule is CCN(c1nc(OC[C@@]23CCCN2C[C@H](F)C3)nc2c(F)c(-c3ccc(F)c4sc(N)c(C#N)c34)c(Cl)cc12)[C@@H]1CCN(C(=O)n2cnc(C)c2)[C@@H]1C. The summed E-state index contributed by atoms with van der Waals surface area (Å²) in [6, 6.07) is 5.40. The van der Waals surface area contributed by atoms with Crippen molar-refractivity contribution in [1.29, 1.82) is 5.26 Å². The second-order valence-electron chi connectivity index (χ2n) is 14.2. The second-order valence-corrected chi connectivity index (χ2v) is 15.6. The van der Waals surface area contributed by atoms with Gasteiger partial charge in [0.25, 0.3) is 0 Å². The zero-order chi connectivity index (χ0) is 37.3. The Morgan fingerprint density at radius 2 is 2.09 bits per heavy atom. The molecule has 0 radical (unpaired) electrons. The molecule has 5 aromatic rings. The van der Waals surface area contributed by atoms with Crippen LogP contribution in [0.15, 0.2) is 30.7 Å². The molecule has 11 nitrogen and oxygen atoms in total. The van der Waals surface area contributed by atoms with Gasteiger partial charge in [-0.2, -0.15) is 15.2 Å². The molecule has 3 aromatic heterocycles. The summed E-state index contributed by atoms with van der Waals surface area (Å²) in [5.74, 6) is -1.04. The van der Waals surface area contributed by atoms with E-state index in [1.54, 1.807) is 17.2 Å². The van der Waals surface area contributed by atoms with E-state index in [9.17, 15) is 14.4 Å². The summed E-state index contributed by atoms with van der Waals surface area (Å²) in [5.41, 5.74) is 6.38. The molecule has 6 heterocycles. The predicted octanol–water partition coefficient (Wildman–Crippen LogP) is 7.31. The number of likely N-dealkylation sites (tertiary alicyclic amines) is 1. The number of nitriles is 1. The number of halogens is 4. The molecule has 3 saturated heterocycles. The standard InChI is InChI=1S/C37H37ClF3N9O2S/c1-4-49(27-8-11-50(20(27)3)36(51)47-15-19(2)44-18-47)34-23-12-25(38)29(22-6-7-26(40)32-28(22)24(14-42)33(43)53-32)30(41)31(23)45-35(46-34)52-17-37-9-5-10-48(37)16-21(39)13-37/h6-7,12,15,18,20-21,27H,4-5,8-11,13,16-17,43H2,1-3H3/t20-,21-,27-,37+/m1/s1. The van der Waals surface area contributed by atoms with E-state index in [2.05, 4.69) is 14.9 Å². The molecule has 53 heavy (non-hydrogen) atoms. The van der Waals surface area contributed by atoms with Crippen molar-refractivity contribution in [3.8, 4) is 23.2 Å². The Morgan fingerprint density at radius 3 is 2.83 bits per heavy atom. The van der Waals surface area contributed by atoms with Crippen LogP contribution >= 0.6 is 22.9 Å². The van der Waals surface area contributed by atoms with Gasteiger partial charge in [0.05, 0.1) is 38.6 Å². The maximum absolute atomic E-state index is 17.3. The lowest BCUT2D eigenvalue weighted by Gasteiger charge is -2.34. The molecule has 3 fully saturated rings. The number of hydrogen-bond donors (Lipinski definition) is 1. The van der Waals surface area contributed by atoms with E-state index in [-0.39, 0.29) is 73.0 Å². The predicted molar refractivity (Wildman–Crippen MR) is 198 cm³/mol. The molecule has 2 aromatic carbocycles. The van der Waals surface area contributed by atoms with Gasteiger partial charge in [-0.15, -0.1) is 11.3 Å². The number of aryl methyl sites for hydroxylation is 1. The van der Waals surface area contributed by atoms with E-state index in [4.69, 9.17) is 27.1 Å². The first-order chi connectivity index (χ1) is 25.4. The molecule has 16 heteroatoms. The third-order valence-electron chi connectivity index (χ3n) is 11.2. The first-order valence-corrected chi connectivity index (χ1v) is 18.8. The van der Waals surface area contributed by atoms with Crippen LogP contribution in [0, 0.1) is 29.9 Å². The van der Waals surface area contributed by atoms with Crippen LogP contribution in [-0.4, -0.2) is 91.9 Å². The quantitative estimate of drug-likeness (QED) is 0.181. The van der Waals surface area contributed by atoms with Crippen molar-refractivity contribution in [2.75, 3.05) is 43.4 Å². The van der Waals surface area contributed by atoms with Crippen molar-refractivity contribution >= 4 is 60.8 Å². The van der Waals surface area contributed by atoms with Crippen LogP contribution in [0.25, 0.3) is 32.1 Å². The Labute approximate surface area is 312 Å². The van der Waals surface area contributed by atoms with Crippen molar-refractivity contribution in [3.63, 3.8) is 0 Å². The Morgan fingerprint density at radius 1 is 1.28 bits per heavy atom. The van der Waals surface area contributed by atoms with Gasteiger partial charge in [0, 0.05) is 48.6 Å². The highest BCUT2D eigenvalue weighted by molar-refractivity contribution is 7.23. The van der Waals surface area contributed by atoms with Gasteiger partial charge in [0.2, 0.25) is 0 Å². The molecule has 0 aliphatic carbocycles. The van der Waals surface area contributed by atoms with Crippen LogP contribution in [0.2, 0.25) is 5.02 Å². The fourth-order valence-electron chi connectivity index (χ4n) is 8.67. The topological polar surface area (TPSA) is 129 Å². The number of hydrogen-bond acceptors (Lipinski definition) is 10. The number of likely N-dealkylation sites (N-methyl/N-ethyl adjacent to an activating group) is 1. The monoisotopic (exact) mass is 763 g/mol. The highest BCUT2D eigenvalue weighted by Crippen LogP contribution is 2.46. The third-order valence-corrected chi connectivity index (χ3v) is 12.5. The lowest BCUT2D eigenvalue weighted by atomic mass is 9.95. The van der Waals surface area contributed by atoms with Gasteiger partial charge in [-0.1, -0.05) is 17.7 Å². The molecule has 0 saturated carbocycles. The number of amides is 1. The zero-order valence-corrected chi connectivity index (χ0v) is 30.9. The van der Waals surface area contributed by atoms with Gasteiger partial charge in [0.1, 0.15) is 47.3 Å². The summed E-state index contributed by atoms with van der Waals surface area (Å²) >= 11 is 7.84. The molecule has 0 unspecified atom stereocenters. The minimum Gasteiger partial charge on any atom is -0.461 e. The zero-order valence-electron chi connectivity index (χ0n) is 29.4. The largest absolute Gasteiger partial charge is 0.461 e. The van der Waals surface area contributed by atoms with Gasteiger partial charge >= 0.3 is 12.0 Å². The van der Waals surface area contributed by atoms with Crippen LogP contribution in [-0.2, 0) is 0 Å². The number of fused-ring (bicyclic) bond motifs is 3. The maximum Gasteiger partial charge on any atom is 0.329 e. The van der Waals surface area contributed by atoms with Gasteiger partial charge in [-0.05, 0) is 64.3 Å². The Kier molecular flexibility index (Phi) is 8.90. The number of carbonyl (C=O) groups excluding carboxylic acids is 1. The normalized spacial score (nSPS) is 22.9. The summed E-state index contributed by atoms with van der Waals surface area (Å²) in [4.78, 5) is 33.1. The number of alkyl halides is 1. The van der Waals surface area contributed by atoms with E-state index in [1.165, 1.54) is 23.0 Å². The molecule has 1 amide bonds. The summed E-state index contributed by atoms with van der Waals surface area (Å²) in [7, 11) is 0. The van der Waals surface area contributed by atoms with Crippen LogP contribution in [0.5, 0.6) is 6.01 Å². The number of thiophene rings is 1. The number of benzene rings is 2. The van der Waals surface area contributed by atoms with E-state index < -0.39 is 23.3 Å². The number of nitrogens with zero attached hydrogens (tertiary/aromatic N) is 8. The summed E-state index contributed by atoms with van der Waals surface area (Å²) < 4.78 is 54.8. The highest BCUT2D eigenvalue weighted by atomic mass is 35.5. The lowest BCUT2D eigenvalue weighted by Crippen LogP contribution is -2.46. The number of carbonyl (C=O) groups is 1. The smallest absolute Gasteiger partial charge is 0.329 e. The fourth-order valence-corrected chi connectivity index (χ4v) is 9.92. The molecule has 3 aliphatic rings. The maximum atomic E-state index is 17.3. The molecule has 8 rings (SSSR count). The molecule has 3 aliphatic heterocycles. The molecular weight excluding hydrogens is 727 g/mol. The van der Waals surface area contributed by atoms with Gasteiger partial charge in [-0.3, -0.25) is 9.47 Å². The second kappa shape index (κ2) is 13.3. The Balaban J connectivity index is 1.26. The third kappa shape index (κ3) is 5.73. The average molecular weight is 764 g/mol. The first kappa shape index (κ1) is 35.4. The molecule has 4 atom stereocenters. The first-order valence-electron chi connectivity index (χ1n) is 17.7. The van der Waals surface area contributed by atoms with Crippen molar-refractivity contribution in [1.82, 2.24) is 29.3 Å². The molecular formula is C37H37ClF3N9O2S.